The molecule has 15 heavy (non-hydrogen) atoms. The third kappa shape index (κ3) is 1.08. The lowest BCUT2D eigenvalue weighted by Crippen LogP contribution is -2.55. The van der Waals surface area contributed by atoms with E-state index < -0.39 is 12.0 Å². The maximum Gasteiger partial charge on any atom is 0.326 e. The van der Waals surface area contributed by atoms with Crippen LogP contribution in [0.15, 0.2) is 18.3 Å². The molecule has 0 amide bonds. The van der Waals surface area contributed by atoms with E-state index >= 15 is 0 Å². The van der Waals surface area contributed by atoms with E-state index in [1.807, 2.05) is 18.3 Å². The number of rotatable bonds is 1. The summed E-state index contributed by atoms with van der Waals surface area (Å²) in [6.45, 7) is 0.783. The standard InChI is InChI=1S/C11H14N2O2/c14-10(15)9-8-3-1-6-13(8)11(7-12-9)4-2-5-11/h1,3,6,9,12H,2,4-5,7H2,(H,14,15). The molecule has 1 fully saturated rings. The highest BCUT2D eigenvalue weighted by molar-refractivity contribution is 5.75. The topological polar surface area (TPSA) is 54.3 Å². The van der Waals surface area contributed by atoms with E-state index in [-0.39, 0.29) is 5.54 Å². The smallest absolute Gasteiger partial charge is 0.326 e. The molecule has 3 rings (SSSR count). The molecule has 1 aromatic heterocycles. The Kier molecular flexibility index (Phi) is 1.71. The molecule has 1 unspecified atom stereocenters. The Morgan fingerprint density at radius 2 is 2.40 bits per heavy atom. The second-order valence-electron chi connectivity index (χ2n) is 4.53. The van der Waals surface area contributed by atoms with E-state index in [9.17, 15) is 4.79 Å². The number of fused-ring (bicyclic) bond motifs is 2. The van der Waals surface area contributed by atoms with Crippen LogP contribution in [0.1, 0.15) is 31.0 Å². The summed E-state index contributed by atoms with van der Waals surface area (Å²) in [5, 5.41) is 12.2. The van der Waals surface area contributed by atoms with Gasteiger partial charge in [-0.25, -0.2) is 0 Å². The fraction of sp³-hybridized carbons (Fsp3) is 0.545. The largest absolute Gasteiger partial charge is 0.480 e. The van der Waals surface area contributed by atoms with Gasteiger partial charge in [0.2, 0.25) is 0 Å². The highest BCUT2D eigenvalue weighted by atomic mass is 16.4. The van der Waals surface area contributed by atoms with Gasteiger partial charge >= 0.3 is 5.97 Å². The molecule has 1 aromatic rings. The van der Waals surface area contributed by atoms with Gasteiger partial charge in [0.05, 0.1) is 5.54 Å². The van der Waals surface area contributed by atoms with Crippen molar-refractivity contribution in [2.24, 2.45) is 0 Å². The van der Waals surface area contributed by atoms with Crippen LogP contribution in [0.5, 0.6) is 0 Å². The van der Waals surface area contributed by atoms with Crippen LogP contribution >= 0.6 is 0 Å². The summed E-state index contributed by atoms with van der Waals surface area (Å²) in [5.41, 5.74) is 1.07. The fourth-order valence-corrected chi connectivity index (χ4v) is 2.76. The van der Waals surface area contributed by atoms with Crippen LogP contribution in [-0.4, -0.2) is 22.2 Å². The molecule has 0 bridgehead atoms. The number of hydrogen-bond acceptors (Lipinski definition) is 2. The lowest BCUT2D eigenvalue weighted by Gasteiger charge is -2.48. The Bertz CT molecular complexity index is 406. The number of aliphatic carboxylic acids is 1. The third-order valence-electron chi connectivity index (χ3n) is 3.75. The van der Waals surface area contributed by atoms with Gasteiger partial charge in [-0.05, 0) is 31.4 Å². The number of carboxylic acid groups (broad SMARTS) is 1. The molecule has 4 nitrogen and oxygen atoms in total. The van der Waals surface area contributed by atoms with Crippen molar-refractivity contribution in [2.45, 2.75) is 30.8 Å². The van der Waals surface area contributed by atoms with Crippen LogP contribution in [-0.2, 0) is 10.3 Å². The zero-order chi connectivity index (χ0) is 10.5. The van der Waals surface area contributed by atoms with Gasteiger partial charge in [-0.15, -0.1) is 0 Å². The summed E-state index contributed by atoms with van der Waals surface area (Å²) in [7, 11) is 0. The molecule has 1 aliphatic heterocycles. The summed E-state index contributed by atoms with van der Waals surface area (Å²) in [6, 6.07) is 3.31. The van der Waals surface area contributed by atoms with Crippen LogP contribution in [0.4, 0.5) is 0 Å². The third-order valence-corrected chi connectivity index (χ3v) is 3.75. The average Bonchev–Trinajstić information content (AvgIpc) is 2.61. The lowest BCUT2D eigenvalue weighted by atomic mass is 9.75. The molecule has 2 N–H and O–H groups in total. The van der Waals surface area contributed by atoms with E-state index in [2.05, 4.69) is 9.88 Å². The number of aromatic nitrogens is 1. The fourth-order valence-electron chi connectivity index (χ4n) is 2.76. The van der Waals surface area contributed by atoms with Gasteiger partial charge in [-0.2, -0.15) is 0 Å². The second kappa shape index (κ2) is 2.85. The van der Waals surface area contributed by atoms with Gasteiger partial charge in [-0.3, -0.25) is 10.1 Å². The lowest BCUT2D eigenvalue weighted by molar-refractivity contribution is -0.140. The van der Waals surface area contributed by atoms with E-state index in [0.29, 0.717) is 0 Å². The van der Waals surface area contributed by atoms with Gasteiger partial charge in [0.1, 0.15) is 6.04 Å². The van der Waals surface area contributed by atoms with Crippen molar-refractivity contribution in [1.82, 2.24) is 9.88 Å². The normalized spacial score (nSPS) is 27.1. The molecule has 0 radical (unpaired) electrons. The highest BCUT2D eigenvalue weighted by Gasteiger charge is 2.44. The van der Waals surface area contributed by atoms with Crippen molar-refractivity contribution in [3.05, 3.63) is 24.0 Å². The number of carbonyl (C=O) groups is 1. The zero-order valence-corrected chi connectivity index (χ0v) is 8.44. The van der Waals surface area contributed by atoms with Gasteiger partial charge in [0.25, 0.3) is 0 Å². The molecule has 0 saturated heterocycles. The first-order valence-corrected chi connectivity index (χ1v) is 5.37. The molecule has 1 aliphatic carbocycles. The summed E-state index contributed by atoms with van der Waals surface area (Å²) in [6.07, 6.45) is 5.59. The van der Waals surface area contributed by atoms with Crippen LogP contribution in [0.2, 0.25) is 0 Å². The van der Waals surface area contributed by atoms with Gasteiger partial charge in [0.15, 0.2) is 0 Å². The molecular formula is C11H14N2O2. The predicted molar refractivity (Wildman–Crippen MR) is 54.6 cm³/mol. The van der Waals surface area contributed by atoms with Crippen molar-refractivity contribution >= 4 is 5.97 Å². The second-order valence-corrected chi connectivity index (χ2v) is 4.53. The Morgan fingerprint density at radius 3 is 3.00 bits per heavy atom. The number of carboxylic acids is 1. The minimum Gasteiger partial charge on any atom is -0.480 e. The number of hydrogen-bond donors (Lipinski definition) is 2. The maximum atomic E-state index is 11.1. The van der Waals surface area contributed by atoms with E-state index in [4.69, 9.17) is 5.11 Å². The first kappa shape index (κ1) is 8.97. The molecule has 1 spiro atoms. The molecule has 1 atom stereocenters. The average molecular weight is 206 g/mol. The minimum absolute atomic E-state index is 0.171. The van der Waals surface area contributed by atoms with Crippen LogP contribution in [0, 0.1) is 0 Å². The summed E-state index contributed by atoms with van der Waals surface area (Å²) in [5.74, 6) is -0.788. The van der Waals surface area contributed by atoms with E-state index in [1.165, 1.54) is 6.42 Å². The molecule has 1 saturated carbocycles. The van der Waals surface area contributed by atoms with Crippen molar-refractivity contribution in [3.8, 4) is 0 Å². The molecule has 80 valence electrons. The van der Waals surface area contributed by atoms with Crippen LogP contribution in [0.3, 0.4) is 0 Å². The molecule has 4 heteroatoms. The molecule has 2 heterocycles. The van der Waals surface area contributed by atoms with E-state index in [1.54, 1.807) is 0 Å². The molecule has 2 aliphatic rings. The van der Waals surface area contributed by atoms with Gasteiger partial charge < -0.3 is 9.67 Å². The van der Waals surface area contributed by atoms with Crippen molar-refractivity contribution in [2.75, 3.05) is 6.54 Å². The van der Waals surface area contributed by atoms with Crippen LogP contribution in [0.25, 0.3) is 0 Å². The Morgan fingerprint density at radius 1 is 1.60 bits per heavy atom. The Balaban J connectivity index is 2.05. The highest BCUT2D eigenvalue weighted by Crippen LogP contribution is 2.43. The van der Waals surface area contributed by atoms with Crippen molar-refractivity contribution < 1.29 is 9.90 Å². The minimum atomic E-state index is -0.788. The Hall–Kier alpha value is -1.29. The summed E-state index contributed by atoms with van der Waals surface area (Å²) >= 11 is 0. The monoisotopic (exact) mass is 206 g/mol. The van der Waals surface area contributed by atoms with Crippen LogP contribution < -0.4 is 5.32 Å². The summed E-state index contributed by atoms with van der Waals surface area (Å²) < 4.78 is 2.17. The Labute approximate surface area is 87.9 Å². The van der Waals surface area contributed by atoms with Gasteiger partial charge in [0, 0.05) is 18.4 Å². The summed E-state index contributed by atoms with van der Waals surface area (Å²) in [4.78, 5) is 11.1. The SMILES string of the molecule is O=C(O)C1NCC2(CCC2)n2cccc21. The molecule has 0 aromatic carbocycles. The van der Waals surface area contributed by atoms with E-state index in [0.717, 1.165) is 25.1 Å². The van der Waals surface area contributed by atoms with Gasteiger partial charge in [-0.1, -0.05) is 0 Å². The molecular weight excluding hydrogens is 192 g/mol. The number of nitrogens with one attached hydrogen (secondary N) is 1. The van der Waals surface area contributed by atoms with Crippen molar-refractivity contribution in [1.29, 1.82) is 0 Å². The van der Waals surface area contributed by atoms with Crippen molar-refractivity contribution in [3.63, 3.8) is 0 Å². The quantitative estimate of drug-likeness (QED) is 0.723. The number of nitrogens with zero attached hydrogens (tertiary/aromatic N) is 1. The zero-order valence-electron chi connectivity index (χ0n) is 8.44. The maximum absolute atomic E-state index is 11.1. The predicted octanol–water partition coefficient (Wildman–Crippen LogP) is 1.10. The first-order chi connectivity index (χ1) is 7.23. The first-order valence-electron chi connectivity index (χ1n) is 5.37.